The fourth-order valence-electron chi connectivity index (χ4n) is 2.19. The predicted octanol–water partition coefficient (Wildman–Crippen LogP) is 4.79. The minimum Gasteiger partial charge on any atom is -0.279 e. The molecule has 0 spiro atoms. The molecule has 3 aromatic rings. The summed E-state index contributed by atoms with van der Waals surface area (Å²) >= 11 is 7.13. The number of halogens is 2. The van der Waals surface area contributed by atoms with E-state index in [9.17, 15) is 12.8 Å². The van der Waals surface area contributed by atoms with Crippen LogP contribution in [0, 0.1) is 5.82 Å². The van der Waals surface area contributed by atoms with E-state index in [-0.39, 0.29) is 21.6 Å². The fourth-order valence-corrected chi connectivity index (χ4v) is 4.36. The average Bonchev–Trinajstić information content (AvgIpc) is 3.19. The lowest BCUT2D eigenvalue weighted by atomic mass is 10.3. The molecule has 0 fully saturated rings. The highest BCUT2D eigenvalue weighted by molar-refractivity contribution is 7.92. The number of rotatable bonds is 5. The van der Waals surface area contributed by atoms with Crippen molar-refractivity contribution in [2.24, 2.45) is 0 Å². The second-order valence-corrected chi connectivity index (χ2v) is 8.63. The molecule has 1 N–H and O–H groups in total. The Labute approximate surface area is 154 Å². The van der Waals surface area contributed by atoms with Crippen molar-refractivity contribution in [3.8, 4) is 10.6 Å². The van der Waals surface area contributed by atoms with Gasteiger partial charge >= 0.3 is 0 Å². The van der Waals surface area contributed by atoms with Crippen molar-refractivity contribution in [1.29, 1.82) is 0 Å². The molecule has 0 aliphatic rings. The summed E-state index contributed by atoms with van der Waals surface area (Å²) in [5.74, 6) is -0.614. The van der Waals surface area contributed by atoms with Crippen LogP contribution in [0.1, 0.15) is 19.9 Å². The number of nitrogens with one attached hydrogen (secondary N) is 1. The molecule has 5 nitrogen and oxygen atoms in total. The van der Waals surface area contributed by atoms with Gasteiger partial charge in [0.05, 0.1) is 15.6 Å². The van der Waals surface area contributed by atoms with Crippen LogP contribution in [0.4, 0.5) is 10.1 Å². The summed E-state index contributed by atoms with van der Waals surface area (Å²) in [7, 11) is -3.92. The number of hydrogen-bond donors (Lipinski definition) is 1. The van der Waals surface area contributed by atoms with Crippen molar-refractivity contribution < 1.29 is 12.8 Å². The summed E-state index contributed by atoms with van der Waals surface area (Å²) in [6.45, 7) is 3.82. The summed E-state index contributed by atoms with van der Waals surface area (Å²) in [4.78, 5) is 0.806. The molecule has 0 radical (unpaired) electrons. The highest BCUT2D eigenvalue weighted by Crippen LogP contribution is 2.32. The fraction of sp³-hybridized carbons (Fsp3) is 0.188. The van der Waals surface area contributed by atoms with Crippen LogP contribution in [0.3, 0.4) is 0 Å². The molecule has 0 bridgehead atoms. The summed E-state index contributed by atoms with van der Waals surface area (Å²) < 4.78 is 43.0. The maximum atomic E-state index is 13.3. The number of nitrogens with zero attached hydrogens (tertiary/aromatic N) is 2. The van der Waals surface area contributed by atoms with Gasteiger partial charge in [0.25, 0.3) is 10.0 Å². The summed E-state index contributed by atoms with van der Waals surface area (Å²) in [5.41, 5.74) is 0.560. The maximum absolute atomic E-state index is 13.3. The molecule has 132 valence electrons. The Hall–Kier alpha value is -1.90. The minimum absolute atomic E-state index is 0.00271. The Morgan fingerprint density at radius 1 is 1.32 bits per heavy atom. The SMILES string of the molecule is CC(C)n1cc(S(=O)(=O)Nc2ccc(F)c(Cl)c2)c(-c2cccs2)n1. The van der Waals surface area contributed by atoms with Crippen molar-refractivity contribution in [1.82, 2.24) is 9.78 Å². The van der Waals surface area contributed by atoms with E-state index in [0.717, 1.165) is 10.9 Å². The predicted molar refractivity (Wildman–Crippen MR) is 98.1 cm³/mol. The van der Waals surface area contributed by atoms with Gasteiger partial charge in [0, 0.05) is 12.2 Å². The number of aromatic nitrogens is 2. The average molecular weight is 400 g/mol. The smallest absolute Gasteiger partial charge is 0.265 e. The molecule has 3 rings (SSSR count). The third kappa shape index (κ3) is 3.70. The van der Waals surface area contributed by atoms with Crippen LogP contribution in [0.25, 0.3) is 10.6 Å². The van der Waals surface area contributed by atoms with E-state index in [1.54, 1.807) is 4.68 Å². The standard InChI is InChI=1S/C16H15ClFN3O2S2/c1-10(2)21-9-15(16(19-21)14-4-3-7-24-14)25(22,23)20-11-5-6-13(18)12(17)8-11/h3-10,20H,1-2H3. The first-order chi connectivity index (χ1) is 11.8. The van der Waals surface area contributed by atoms with Gasteiger partial charge in [-0.1, -0.05) is 17.7 Å². The van der Waals surface area contributed by atoms with Gasteiger partial charge in [-0.15, -0.1) is 11.3 Å². The number of anilines is 1. The molecule has 0 atom stereocenters. The second-order valence-electron chi connectivity index (χ2n) is 5.63. The first-order valence-corrected chi connectivity index (χ1v) is 10.1. The van der Waals surface area contributed by atoms with Gasteiger partial charge < -0.3 is 0 Å². The van der Waals surface area contributed by atoms with Crippen LogP contribution < -0.4 is 4.72 Å². The highest BCUT2D eigenvalue weighted by Gasteiger charge is 2.25. The van der Waals surface area contributed by atoms with Crippen molar-refractivity contribution >= 4 is 38.6 Å². The zero-order chi connectivity index (χ0) is 18.2. The van der Waals surface area contributed by atoms with E-state index in [1.807, 2.05) is 31.4 Å². The van der Waals surface area contributed by atoms with Crippen molar-refractivity contribution in [3.63, 3.8) is 0 Å². The van der Waals surface area contributed by atoms with E-state index in [4.69, 9.17) is 11.6 Å². The maximum Gasteiger partial charge on any atom is 0.265 e. The van der Waals surface area contributed by atoms with Gasteiger partial charge in [-0.2, -0.15) is 5.10 Å². The Bertz CT molecular complexity index is 999. The third-order valence-electron chi connectivity index (χ3n) is 3.44. The molecule has 1 aromatic carbocycles. The molecule has 0 aliphatic carbocycles. The molecule has 2 heterocycles. The van der Waals surface area contributed by atoms with E-state index < -0.39 is 15.8 Å². The zero-order valence-corrected chi connectivity index (χ0v) is 15.8. The molecular weight excluding hydrogens is 385 g/mol. The molecule has 0 saturated carbocycles. The van der Waals surface area contributed by atoms with E-state index in [2.05, 4.69) is 9.82 Å². The molecule has 9 heteroatoms. The highest BCUT2D eigenvalue weighted by atomic mass is 35.5. The van der Waals surface area contributed by atoms with Crippen LogP contribution in [0.15, 0.2) is 46.8 Å². The molecule has 0 amide bonds. The van der Waals surface area contributed by atoms with Crippen LogP contribution in [0.2, 0.25) is 5.02 Å². The Morgan fingerprint density at radius 3 is 2.68 bits per heavy atom. The summed E-state index contributed by atoms with van der Waals surface area (Å²) in [6.07, 6.45) is 1.49. The van der Waals surface area contributed by atoms with Crippen LogP contribution in [-0.2, 0) is 10.0 Å². The van der Waals surface area contributed by atoms with Crippen molar-refractivity contribution in [3.05, 3.63) is 52.7 Å². The van der Waals surface area contributed by atoms with E-state index in [0.29, 0.717) is 5.69 Å². The first kappa shape index (κ1) is 17.9. The second kappa shape index (κ2) is 6.78. The number of benzene rings is 1. The molecule has 25 heavy (non-hydrogen) atoms. The van der Waals surface area contributed by atoms with Crippen molar-refractivity contribution in [2.75, 3.05) is 4.72 Å². The van der Waals surface area contributed by atoms with Gasteiger partial charge in [-0.25, -0.2) is 12.8 Å². The molecule has 0 unspecified atom stereocenters. The van der Waals surface area contributed by atoms with Gasteiger partial charge in [-0.05, 0) is 43.5 Å². The van der Waals surface area contributed by atoms with Crippen molar-refractivity contribution in [2.45, 2.75) is 24.8 Å². The summed E-state index contributed by atoms with van der Waals surface area (Å²) in [5, 5.41) is 6.11. The number of thiophene rings is 1. The molecule has 2 aromatic heterocycles. The Morgan fingerprint density at radius 2 is 2.08 bits per heavy atom. The zero-order valence-electron chi connectivity index (χ0n) is 13.4. The van der Waals surface area contributed by atoms with Crippen LogP contribution in [0.5, 0.6) is 0 Å². The van der Waals surface area contributed by atoms with Crippen LogP contribution in [-0.4, -0.2) is 18.2 Å². The number of hydrogen-bond acceptors (Lipinski definition) is 4. The monoisotopic (exact) mass is 399 g/mol. The molecular formula is C16H15ClFN3O2S2. The largest absolute Gasteiger partial charge is 0.279 e. The van der Waals surface area contributed by atoms with E-state index >= 15 is 0 Å². The lowest BCUT2D eigenvalue weighted by molar-refractivity contribution is 0.532. The van der Waals surface area contributed by atoms with Crippen LogP contribution >= 0.6 is 22.9 Å². The van der Waals surface area contributed by atoms with Gasteiger partial charge in [0.15, 0.2) is 0 Å². The van der Waals surface area contributed by atoms with Gasteiger partial charge in [0.2, 0.25) is 0 Å². The third-order valence-corrected chi connectivity index (χ3v) is 5.99. The number of sulfonamides is 1. The Balaban J connectivity index is 2.05. The summed E-state index contributed by atoms with van der Waals surface area (Å²) in [6, 6.07) is 7.30. The molecule has 0 saturated heterocycles. The quantitative estimate of drug-likeness (QED) is 0.671. The Kier molecular flexibility index (Phi) is 4.86. The normalized spacial score (nSPS) is 11.9. The van der Waals surface area contributed by atoms with E-state index in [1.165, 1.54) is 29.7 Å². The lowest BCUT2D eigenvalue weighted by Crippen LogP contribution is -2.13. The van der Waals surface area contributed by atoms with Gasteiger partial charge in [-0.3, -0.25) is 9.40 Å². The minimum atomic E-state index is -3.92. The molecule has 0 aliphatic heterocycles. The topological polar surface area (TPSA) is 64.0 Å². The lowest BCUT2D eigenvalue weighted by Gasteiger charge is -2.08. The first-order valence-electron chi connectivity index (χ1n) is 7.39. The van der Waals surface area contributed by atoms with Gasteiger partial charge in [0.1, 0.15) is 16.4 Å².